The first-order valence-corrected chi connectivity index (χ1v) is 6.30. The summed E-state index contributed by atoms with van der Waals surface area (Å²) in [6.45, 7) is 2.12. The zero-order valence-electron chi connectivity index (χ0n) is 11.5. The molecule has 0 radical (unpaired) electrons. The van der Waals surface area contributed by atoms with E-state index < -0.39 is 17.8 Å². The van der Waals surface area contributed by atoms with Gasteiger partial charge in [0.05, 0.1) is 12.1 Å². The molecule has 0 saturated carbocycles. The van der Waals surface area contributed by atoms with Crippen LogP contribution in [0.2, 0.25) is 0 Å². The van der Waals surface area contributed by atoms with E-state index in [0.717, 1.165) is 12.1 Å². The van der Waals surface area contributed by atoms with Gasteiger partial charge in [0.2, 0.25) is 0 Å². The molecule has 4 N–H and O–H groups in total. The van der Waals surface area contributed by atoms with E-state index in [0.29, 0.717) is 13.0 Å². The number of nitrogens with two attached hydrogens (primary N) is 1. The Morgan fingerprint density at radius 3 is 2.62 bits per heavy atom. The molecule has 8 heteroatoms. The minimum atomic E-state index is -4.47. The van der Waals surface area contributed by atoms with E-state index in [1.807, 2.05) is 6.92 Å². The van der Waals surface area contributed by atoms with Gasteiger partial charge >= 0.3 is 12.2 Å². The number of urea groups is 1. The van der Waals surface area contributed by atoms with Crippen LogP contribution in [0.3, 0.4) is 0 Å². The summed E-state index contributed by atoms with van der Waals surface area (Å²) in [5.41, 5.74) is 4.45. The number of amides is 2. The molecule has 0 aliphatic heterocycles. The number of nitrogens with zero attached hydrogens (tertiary/aromatic N) is 1. The molecular weight excluding hydrogens is 285 g/mol. The zero-order chi connectivity index (χ0) is 16.0. The third-order valence-electron chi connectivity index (χ3n) is 2.58. The third kappa shape index (κ3) is 5.33. The molecule has 116 valence electrons. The average Bonchev–Trinajstić information content (AvgIpc) is 2.37. The first kappa shape index (κ1) is 16.8. The smallest absolute Gasteiger partial charge is 0.386 e. The Balaban J connectivity index is 2.83. The summed E-state index contributed by atoms with van der Waals surface area (Å²) in [5.74, 6) is -0.192. The van der Waals surface area contributed by atoms with E-state index in [1.54, 1.807) is 0 Å². The molecule has 0 aromatic heterocycles. The maximum absolute atomic E-state index is 12.6. The van der Waals surface area contributed by atoms with Crippen LogP contribution in [0.4, 0.5) is 23.7 Å². The van der Waals surface area contributed by atoms with Crippen molar-refractivity contribution < 1.29 is 18.0 Å². The minimum Gasteiger partial charge on any atom is -0.386 e. The lowest BCUT2D eigenvalue weighted by atomic mass is 10.2. The van der Waals surface area contributed by atoms with Gasteiger partial charge in [-0.05, 0) is 24.6 Å². The lowest BCUT2D eigenvalue weighted by Gasteiger charge is -2.22. The number of carbonyl (C=O) groups is 1. The highest BCUT2D eigenvalue weighted by Crippen LogP contribution is 2.30. The summed E-state index contributed by atoms with van der Waals surface area (Å²) >= 11 is 0. The average molecular weight is 302 g/mol. The molecule has 0 aliphatic carbocycles. The van der Waals surface area contributed by atoms with Crippen LogP contribution < -0.4 is 11.1 Å². The summed E-state index contributed by atoms with van der Waals surface area (Å²) in [5, 5.41) is 9.58. The van der Waals surface area contributed by atoms with Gasteiger partial charge in [-0.2, -0.15) is 13.2 Å². The number of halogens is 3. The SMILES string of the molecule is CCCN(CC(=N)N)C(=O)Nc1cccc(C(F)(F)F)c1. The van der Waals surface area contributed by atoms with E-state index in [4.69, 9.17) is 11.1 Å². The largest absolute Gasteiger partial charge is 0.416 e. The topological polar surface area (TPSA) is 82.2 Å². The van der Waals surface area contributed by atoms with Crippen molar-refractivity contribution in [3.05, 3.63) is 29.8 Å². The monoisotopic (exact) mass is 302 g/mol. The molecule has 0 fully saturated rings. The molecule has 1 rings (SSSR count). The number of anilines is 1. The molecule has 0 aliphatic rings. The lowest BCUT2D eigenvalue weighted by Crippen LogP contribution is -2.41. The van der Waals surface area contributed by atoms with E-state index in [2.05, 4.69) is 5.32 Å². The van der Waals surface area contributed by atoms with E-state index in [9.17, 15) is 18.0 Å². The normalized spacial score (nSPS) is 11.0. The van der Waals surface area contributed by atoms with Crippen LogP contribution in [-0.4, -0.2) is 29.9 Å². The number of carbonyl (C=O) groups excluding carboxylic acids is 1. The minimum absolute atomic E-state index is 0.0412. The Bertz CT molecular complexity index is 516. The van der Waals surface area contributed by atoms with Crippen molar-refractivity contribution in [3.63, 3.8) is 0 Å². The summed E-state index contributed by atoms with van der Waals surface area (Å²) in [6.07, 6.45) is -3.83. The highest BCUT2D eigenvalue weighted by molar-refractivity contribution is 5.92. The van der Waals surface area contributed by atoms with E-state index in [1.165, 1.54) is 17.0 Å². The van der Waals surface area contributed by atoms with Crippen LogP contribution in [-0.2, 0) is 6.18 Å². The molecule has 0 atom stereocenters. The van der Waals surface area contributed by atoms with E-state index in [-0.39, 0.29) is 18.1 Å². The van der Waals surface area contributed by atoms with Crippen molar-refractivity contribution in [2.75, 3.05) is 18.4 Å². The van der Waals surface area contributed by atoms with Crippen LogP contribution in [0.1, 0.15) is 18.9 Å². The summed E-state index contributed by atoms with van der Waals surface area (Å²) < 4.78 is 37.8. The molecule has 0 heterocycles. The third-order valence-corrected chi connectivity index (χ3v) is 2.58. The van der Waals surface area contributed by atoms with E-state index >= 15 is 0 Å². The Hall–Kier alpha value is -2.25. The number of hydrogen-bond acceptors (Lipinski definition) is 2. The second-order valence-electron chi connectivity index (χ2n) is 4.46. The van der Waals surface area contributed by atoms with Crippen molar-refractivity contribution in [1.82, 2.24) is 4.90 Å². The Labute approximate surface area is 120 Å². The van der Waals surface area contributed by atoms with Crippen molar-refractivity contribution in [3.8, 4) is 0 Å². The summed E-state index contributed by atoms with van der Waals surface area (Å²) in [7, 11) is 0. The fourth-order valence-corrected chi connectivity index (χ4v) is 1.70. The molecule has 5 nitrogen and oxygen atoms in total. The molecular formula is C13H17F3N4O. The van der Waals surface area contributed by atoms with Gasteiger partial charge in [0, 0.05) is 12.2 Å². The number of hydrogen-bond donors (Lipinski definition) is 3. The number of amidine groups is 1. The van der Waals surface area contributed by atoms with Crippen molar-refractivity contribution in [2.45, 2.75) is 19.5 Å². The molecule has 1 aromatic rings. The van der Waals surface area contributed by atoms with Gasteiger partial charge < -0.3 is 16.0 Å². The zero-order valence-corrected chi connectivity index (χ0v) is 11.5. The molecule has 0 unspecified atom stereocenters. The van der Waals surface area contributed by atoms with Gasteiger partial charge in [0.15, 0.2) is 0 Å². The second kappa shape index (κ2) is 6.96. The highest BCUT2D eigenvalue weighted by atomic mass is 19.4. The van der Waals surface area contributed by atoms with Crippen LogP contribution in [0.25, 0.3) is 0 Å². The number of rotatable bonds is 5. The number of nitrogens with one attached hydrogen (secondary N) is 2. The standard InChI is InChI=1S/C13H17F3N4O/c1-2-6-20(8-11(17)18)12(21)19-10-5-3-4-9(7-10)13(14,15)16/h3-5,7H,2,6,8H2,1H3,(H3,17,18)(H,19,21). The fraction of sp³-hybridized carbons (Fsp3) is 0.385. The number of benzene rings is 1. The Kier molecular flexibility index (Phi) is 5.57. The molecule has 0 spiro atoms. The van der Waals surface area contributed by atoms with Crippen LogP contribution >= 0.6 is 0 Å². The summed E-state index contributed by atoms with van der Waals surface area (Å²) in [4.78, 5) is 13.2. The van der Waals surface area contributed by atoms with Crippen LogP contribution in [0.5, 0.6) is 0 Å². The van der Waals surface area contributed by atoms with Gasteiger partial charge in [-0.3, -0.25) is 5.41 Å². The predicted octanol–water partition coefficient (Wildman–Crippen LogP) is 2.89. The first-order chi connectivity index (χ1) is 9.74. The van der Waals surface area contributed by atoms with Crippen molar-refractivity contribution in [2.24, 2.45) is 5.73 Å². The van der Waals surface area contributed by atoms with Gasteiger partial charge in [-0.15, -0.1) is 0 Å². The van der Waals surface area contributed by atoms with Gasteiger partial charge in [-0.1, -0.05) is 13.0 Å². The molecule has 0 saturated heterocycles. The maximum atomic E-state index is 12.6. The van der Waals surface area contributed by atoms with Crippen molar-refractivity contribution in [1.29, 1.82) is 5.41 Å². The Morgan fingerprint density at radius 1 is 1.43 bits per heavy atom. The quantitative estimate of drug-likeness (QED) is 0.577. The lowest BCUT2D eigenvalue weighted by molar-refractivity contribution is -0.137. The maximum Gasteiger partial charge on any atom is 0.416 e. The molecule has 1 aromatic carbocycles. The number of alkyl halides is 3. The fourth-order valence-electron chi connectivity index (χ4n) is 1.70. The van der Waals surface area contributed by atoms with Gasteiger partial charge in [0.1, 0.15) is 5.84 Å². The second-order valence-corrected chi connectivity index (χ2v) is 4.46. The highest BCUT2D eigenvalue weighted by Gasteiger charge is 2.30. The van der Waals surface area contributed by atoms with Crippen LogP contribution in [0.15, 0.2) is 24.3 Å². The first-order valence-electron chi connectivity index (χ1n) is 6.30. The molecule has 0 bridgehead atoms. The Morgan fingerprint density at radius 2 is 2.10 bits per heavy atom. The van der Waals surface area contributed by atoms with Gasteiger partial charge in [0.25, 0.3) is 0 Å². The van der Waals surface area contributed by atoms with Gasteiger partial charge in [-0.25, -0.2) is 4.79 Å². The molecule has 21 heavy (non-hydrogen) atoms. The summed E-state index contributed by atoms with van der Waals surface area (Å²) in [6, 6.07) is 3.77. The van der Waals surface area contributed by atoms with Crippen molar-refractivity contribution >= 4 is 17.6 Å². The predicted molar refractivity (Wildman–Crippen MR) is 74.2 cm³/mol. The molecule has 2 amide bonds. The van der Waals surface area contributed by atoms with Crippen LogP contribution in [0, 0.1) is 5.41 Å².